The van der Waals surface area contributed by atoms with Gasteiger partial charge in [0.2, 0.25) is 0 Å². The summed E-state index contributed by atoms with van der Waals surface area (Å²) in [6, 6.07) is 13.2. The van der Waals surface area contributed by atoms with Gasteiger partial charge in [0.15, 0.2) is 11.5 Å². The van der Waals surface area contributed by atoms with Crippen molar-refractivity contribution in [2.75, 3.05) is 18.5 Å². The van der Waals surface area contributed by atoms with Crippen LogP contribution >= 0.6 is 11.6 Å². The summed E-state index contributed by atoms with van der Waals surface area (Å²) >= 11 is 5.78. The second-order valence-corrected chi connectivity index (χ2v) is 8.53. The number of halogens is 3. The van der Waals surface area contributed by atoms with Gasteiger partial charge in [-0.25, -0.2) is 17.2 Å². The quantitative estimate of drug-likeness (QED) is 0.503. The van der Waals surface area contributed by atoms with E-state index in [0.717, 1.165) is 28.6 Å². The summed E-state index contributed by atoms with van der Waals surface area (Å²) in [6.45, 7) is -0.138. The van der Waals surface area contributed by atoms with E-state index >= 15 is 0 Å². The van der Waals surface area contributed by atoms with Gasteiger partial charge in [0, 0.05) is 0 Å². The average Bonchev–Trinajstić information content (AvgIpc) is 2.73. The summed E-state index contributed by atoms with van der Waals surface area (Å²) in [5, 5.41) is -0.332. The van der Waals surface area contributed by atoms with Crippen molar-refractivity contribution in [2.24, 2.45) is 0 Å². The SMILES string of the molecule is COc1ccc(CN(c2cccc(F)c2)S(=O)(=O)c2ccc(F)c(Cl)c2)cc1OC. The van der Waals surface area contributed by atoms with E-state index in [4.69, 9.17) is 21.1 Å². The summed E-state index contributed by atoms with van der Waals surface area (Å²) in [4.78, 5) is -0.223. The monoisotopic (exact) mass is 453 g/mol. The van der Waals surface area contributed by atoms with E-state index < -0.39 is 21.7 Å². The number of methoxy groups -OCH3 is 2. The van der Waals surface area contributed by atoms with E-state index in [-0.39, 0.29) is 22.2 Å². The number of benzene rings is 3. The Kier molecular flexibility index (Phi) is 6.48. The minimum Gasteiger partial charge on any atom is -0.493 e. The lowest BCUT2D eigenvalue weighted by atomic mass is 10.2. The fraction of sp³-hybridized carbons (Fsp3) is 0.143. The van der Waals surface area contributed by atoms with Crippen molar-refractivity contribution >= 4 is 27.3 Å². The van der Waals surface area contributed by atoms with Gasteiger partial charge in [-0.15, -0.1) is 0 Å². The summed E-state index contributed by atoms with van der Waals surface area (Å²) in [5.41, 5.74) is 0.666. The van der Waals surface area contributed by atoms with Gasteiger partial charge >= 0.3 is 0 Å². The van der Waals surface area contributed by atoms with E-state index in [2.05, 4.69) is 0 Å². The van der Waals surface area contributed by atoms with E-state index in [1.807, 2.05) is 0 Å². The predicted octanol–water partition coefficient (Wildman–Crippen LogP) is 5.03. The highest BCUT2D eigenvalue weighted by Gasteiger charge is 2.27. The molecule has 30 heavy (non-hydrogen) atoms. The Morgan fingerprint density at radius 2 is 1.67 bits per heavy atom. The molecule has 0 aliphatic heterocycles. The molecule has 0 aliphatic carbocycles. The molecule has 0 heterocycles. The van der Waals surface area contributed by atoms with Gasteiger partial charge in [0.25, 0.3) is 10.0 Å². The van der Waals surface area contributed by atoms with Gasteiger partial charge in [-0.3, -0.25) is 4.31 Å². The average molecular weight is 454 g/mol. The van der Waals surface area contributed by atoms with Crippen LogP contribution in [-0.4, -0.2) is 22.6 Å². The molecule has 0 atom stereocenters. The van der Waals surface area contributed by atoms with Gasteiger partial charge < -0.3 is 9.47 Å². The van der Waals surface area contributed by atoms with Crippen molar-refractivity contribution in [3.05, 3.63) is 82.9 Å². The van der Waals surface area contributed by atoms with Crippen LogP contribution in [0.1, 0.15) is 5.56 Å². The van der Waals surface area contributed by atoms with Crippen LogP contribution in [0.15, 0.2) is 65.6 Å². The molecule has 0 fully saturated rings. The normalized spacial score (nSPS) is 11.2. The number of ether oxygens (including phenoxy) is 2. The first-order valence-corrected chi connectivity index (χ1v) is 10.5. The van der Waals surface area contributed by atoms with Crippen LogP contribution in [0.3, 0.4) is 0 Å². The molecular weight excluding hydrogens is 436 g/mol. The molecule has 0 aliphatic rings. The first-order valence-electron chi connectivity index (χ1n) is 8.70. The molecule has 0 unspecified atom stereocenters. The number of rotatable bonds is 7. The highest BCUT2D eigenvalue weighted by molar-refractivity contribution is 7.92. The minimum atomic E-state index is -4.20. The van der Waals surface area contributed by atoms with Gasteiger partial charge in [-0.1, -0.05) is 23.7 Å². The number of nitrogens with zero attached hydrogens (tertiary/aromatic N) is 1. The fourth-order valence-electron chi connectivity index (χ4n) is 2.86. The zero-order chi connectivity index (χ0) is 21.9. The molecule has 0 saturated heterocycles. The molecule has 9 heteroatoms. The van der Waals surface area contributed by atoms with Crippen molar-refractivity contribution in [2.45, 2.75) is 11.4 Å². The summed E-state index contributed by atoms with van der Waals surface area (Å²) in [6.07, 6.45) is 0. The first kappa shape index (κ1) is 21.9. The van der Waals surface area contributed by atoms with Crippen molar-refractivity contribution in [1.29, 1.82) is 0 Å². The van der Waals surface area contributed by atoms with Crippen LogP contribution in [-0.2, 0) is 16.6 Å². The lowest BCUT2D eigenvalue weighted by molar-refractivity contribution is 0.354. The minimum absolute atomic E-state index is 0.102. The van der Waals surface area contributed by atoms with Gasteiger partial charge in [0.05, 0.1) is 36.4 Å². The number of hydrogen-bond acceptors (Lipinski definition) is 4. The Labute approximate surface area is 178 Å². The maximum atomic E-state index is 13.9. The van der Waals surface area contributed by atoms with E-state index in [0.29, 0.717) is 17.1 Å². The highest BCUT2D eigenvalue weighted by atomic mass is 35.5. The Morgan fingerprint density at radius 1 is 0.933 bits per heavy atom. The molecule has 0 spiro atoms. The summed E-state index contributed by atoms with van der Waals surface area (Å²) in [7, 11) is -1.25. The smallest absolute Gasteiger partial charge is 0.264 e. The number of sulfonamides is 1. The second-order valence-electron chi connectivity index (χ2n) is 6.26. The summed E-state index contributed by atoms with van der Waals surface area (Å²) in [5.74, 6) is -0.451. The van der Waals surface area contributed by atoms with Gasteiger partial charge in [-0.05, 0) is 54.1 Å². The maximum Gasteiger partial charge on any atom is 0.264 e. The fourth-order valence-corrected chi connectivity index (χ4v) is 4.57. The third-order valence-corrected chi connectivity index (χ3v) is 6.41. The number of hydrogen-bond donors (Lipinski definition) is 0. The molecule has 158 valence electrons. The predicted molar refractivity (Wildman–Crippen MR) is 111 cm³/mol. The Balaban J connectivity index is 2.10. The third-order valence-electron chi connectivity index (χ3n) is 4.35. The molecule has 0 bridgehead atoms. The van der Waals surface area contributed by atoms with Crippen LogP contribution < -0.4 is 13.8 Å². The first-order chi connectivity index (χ1) is 14.3. The van der Waals surface area contributed by atoms with Crippen LogP contribution in [0.25, 0.3) is 0 Å². The van der Waals surface area contributed by atoms with Crippen LogP contribution in [0.4, 0.5) is 14.5 Å². The molecule has 3 rings (SSSR count). The number of anilines is 1. The van der Waals surface area contributed by atoms with Crippen LogP contribution in [0.5, 0.6) is 11.5 Å². The lowest BCUT2D eigenvalue weighted by Crippen LogP contribution is -2.30. The zero-order valence-electron chi connectivity index (χ0n) is 16.1. The lowest BCUT2D eigenvalue weighted by Gasteiger charge is -2.25. The van der Waals surface area contributed by atoms with Crippen LogP contribution in [0, 0.1) is 11.6 Å². The molecule has 0 N–H and O–H groups in total. The molecule has 0 aromatic heterocycles. The van der Waals surface area contributed by atoms with Crippen molar-refractivity contribution in [1.82, 2.24) is 0 Å². The van der Waals surface area contributed by atoms with Gasteiger partial charge in [0.1, 0.15) is 11.6 Å². The maximum absolute atomic E-state index is 13.9. The highest BCUT2D eigenvalue weighted by Crippen LogP contribution is 2.32. The van der Waals surface area contributed by atoms with E-state index in [9.17, 15) is 17.2 Å². The second kappa shape index (κ2) is 8.89. The topological polar surface area (TPSA) is 55.8 Å². The van der Waals surface area contributed by atoms with Gasteiger partial charge in [-0.2, -0.15) is 0 Å². The molecule has 0 radical (unpaired) electrons. The van der Waals surface area contributed by atoms with Crippen molar-refractivity contribution in [3.8, 4) is 11.5 Å². The summed E-state index contributed by atoms with van der Waals surface area (Å²) < 4.78 is 65.6. The molecular formula is C21H18ClF2NO4S. The zero-order valence-corrected chi connectivity index (χ0v) is 17.7. The van der Waals surface area contributed by atoms with E-state index in [1.165, 1.54) is 32.4 Å². The molecule has 3 aromatic carbocycles. The van der Waals surface area contributed by atoms with Crippen molar-refractivity contribution < 1.29 is 26.7 Å². The molecule has 3 aromatic rings. The largest absolute Gasteiger partial charge is 0.493 e. The molecule has 0 amide bonds. The standard InChI is InChI=1S/C21H18ClF2NO4S/c1-28-20-9-6-14(10-21(20)29-2)13-25(16-5-3-4-15(23)11-16)30(26,27)17-7-8-19(24)18(22)12-17/h3-12H,13H2,1-2H3. The van der Waals surface area contributed by atoms with E-state index in [1.54, 1.807) is 18.2 Å². The molecule has 5 nitrogen and oxygen atoms in total. The van der Waals surface area contributed by atoms with Crippen molar-refractivity contribution in [3.63, 3.8) is 0 Å². The Hall–Kier alpha value is -2.84. The molecule has 0 saturated carbocycles. The van der Waals surface area contributed by atoms with Crippen LogP contribution in [0.2, 0.25) is 5.02 Å². The Morgan fingerprint density at radius 3 is 2.30 bits per heavy atom. The third kappa shape index (κ3) is 4.49. The Bertz CT molecular complexity index is 1170.